The molecule has 0 spiro atoms. The van der Waals surface area contributed by atoms with Gasteiger partial charge in [0.15, 0.2) is 0 Å². The Morgan fingerprint density at radius 2 is 2.19 bits per heavy atom. The first-order valence-corrected chi connectivity index (χ1v) is 7.66. The summed E-state index contributed by atoms with van der Waals surface area (Å²) in [5.41, 5.74) is -0.892. The van der Waals surface area contributed by atoms with Crippen LogP contribution < -0.4 is 10.2 Å². The van der Waals surface area contributed by atoms with E-state index in [9.17, 15) is 9.90 Å². The van der Waals surface area contributed by atoms with Crippen LogP contribution in [0.5, 0.6) is 0 Å². The molecule has 0 aromatic carbocycles. The number of anilines is 1. The molecule has 1 saturated carbocycles. The second-order valence-corrected chi connectivity index (χ2v) is 6.22. The Morgan fingerprint density at radius 3 is 2.90 bits per heavy atom. The van der Waals surface area contributed by atoms with Crippen LogP contribution in [0.2, 0.25) is 0 Å². The van der Waals surface area contributed by atoms with Gasteiger partial charge in [-0.3, -0.25) is 4.79 Å². The molecular weight excluding hydrogens is 268 g/mol. The van der Waals surface area contributed by atoms with E-state index < -0.39 is 5.60 Å². The number of aliphatic hydroxyl groups is 1. The maximum atomic E-state index is 11.8. The highest BCUT2D eigenvalue weighted by Gasteiger charge is 2.35. The highest BCUT2D eigenvalue weighted by Crippen LogP contribution is 2.32. The summed E-state index contributed by atoms with van der Waals surface area (Å²) in [5, 5.41) is 13.6. The first kappa shape index (κ1) is 14.3. The summed E-state index contributed by atoms with van der Waals surface area (Å²) in [5.74, 6) is 1.26. The van der Waals surface area contributed by atoms with E-state index in [4.69, 9.17) is 0 Å². The van der Waals surface area contributed by atoms with Crippen molar-refractivity contribution in [2.24, 2.45) is 5.92 Å². The molecule has 2 aliphatic rings. The summed E-state index contributed by atoms with van der Waals surface area (Å²) in [6, 6.07) is 1.78. The van der Waals surface area contributed by atoms with Gasteiger partial charge in [-0.05, 0) is 37.7 Å². The lowest BCUT2D eigenvalue weighted by Gasteiger charge is -2.39. The van der Waals surface area contributed by atoms with Crippen LogP contribution in [-0.2, 0) is 4.79 Å². The number of rotatable bonds is 5. The molecule has 1 saturated heterocycles. The Kier molecular flexibility index (Phi) is 4.05. The second kappa shape index (κ2) is 5.97. The SMILES string of the molecule is O=C(CC1CC1)NC[C@]1(O)CCCN(c2ncccn2)C1. The van der Waals surface area contributed by atoms with Crippen LogP contribution in [0.4, 0.5) is 5.95 Å². The van der Waals surface area contributed by atoms with E-state index >= 15 is 0 Å². The lowest BCUT2D eigenvalue weighted by atomic mass is 9.93. The molecule has 21 heavy (non-hydrogen) atoms. The number of nitrogens with one attached hydrogen (secondary N) is 1. The first-order chi connectivity index (χ1) is 10.1. The van der Waals surface area contributed by atoms with Gasteiger partial charge in [-0.25, -0.2) is 9.97 Å². The average Bonchev–Trinajstić information content (AvgIpc) is 3.30. The average molecular weight is 290 g/mol. The van der Waals surface area contributed by atoms with Gasteiger partial charge in [-0.1, -0.05) is 0 Å². The van der Waals surface area contributed by atoms with Crippen molar-refractivity contribution in [3.8, 4) is 0 Å². The van der Waals surface area contributed by atoms with Crippen molar-refractivity contribution in [3.05, 3.63) is 18.5 Å². The van der Waals surface area contributed by atoms with Crippen LogP contribution in [0, 0.1) is 5.92 Å². The Hall–Kier alpha value is -1.69. The Labute approximate surface area is 124 Å². The highest BCUT2D eigenvalue weighted by atomic mass is 16.3. The van der Waals surface area contributed by atoms with Gasteiger partial charge in [-0.15, -0.1) is 0 Å². The predicted molar refractivity (Wildman–Crippen MR) is 78.8 cm³/mol. The van der Waals surface area contributed by atoms with E-state index in [0.29, 0.717) is 37.8 Å². The molecular formula is C15H22N4O2. The van der Waals surface area contributed by atoms with Crippen LogP contribution in [0.3, 0.4) is 0 Å². The van der Waals surface area contributed by atoms with Gasteiger partial charge in [-0.2, -0.15) is 0 Å². The van der Waals surface area contributed by atoms with E-state index in [0.717, 1.165) is 25.8 Å². The molecule has 6 nitrogen and oxygen atoms in total. The number of hydrogen-bond acceptors (Lipinski definition) is 5. The van der Waals surface area contributed by atoms with E-state index in [1.54, 1.807) is 18.5 Å². The highest BCUT2D eigenvalue weighted by molar-refractivity contribution is 5.76. The molecule has 2 N–H and O–H groups in total. The van der Waals surface area contributed by atoms with Crippen molar-refractivity contribution in [3.63, 3.8) is 0 Å². The maximum absolute atomic E-state index is 11.8. The number of aromatic nitrogens is 2. The van der Waals surface area contributed by atoms with Crippen molar-refractivity contribution in [2.45, 2.75) is 37.7 Å². The number of nitrogens with zero attached hydrogens (tertiary/aromatic N) is 3. The van der Waals surface area contributed by atoms with E-state index in [1.165, 1.54) is 0 Å². The zero-order valence-corrected chi connectivity index (χ0v) is 12.2. The molecule has 1 aromatic rings. The molecule has 114 valence electrons. The third kappa shape index (κ3) is 3.91. The monoisotopic (exact) mass is 290 g/mol. The van der Waals surface area contributed by atoms with Gasteiger partial charge in [0, 0.05) is 31.9 Å². The smallest absolute Gasteiger partial charge is 0.225 e. The zero-order chi connectivity index (χ0) is 14.7. The van der Waals surface area contributed by atoms with Crippen LogP contribution in [0.1, 0.15) is 32.1 Å². The number of carbonyl (C=O) groups excluding carboxylic acids is 1. The predicted octanol–water partition coefficient (Wildman–Crippen LogP) is 0.724. The maximum Gasteiger partial charge on any atom is 0.225 e. The minimum absolute atomic E-state index is 0.0546. The van der Waals surface area contributed by atoms with Crippen molar-refractivity contribution in [1.29, 1.82) is 0 Å². The largest absolute Gasteiger partial charge is 0.386 e. The molecule has 0 bridgehead atoms. The van der Waals surface area contributed by atoms with E-state index in [1.807, 2.05) is 4.90 Å². The van der Waals surface area contributed by atoms with Crippen molar-refractivity contribution < 1.29 is 9.90 Å². The van der Waals surface area contributed by atoms with Gasteiger partial charge < -0.3 is 15.3 Å². The number of carbonyl (C=O) groups is 1. The number of hydrogen-bond donors (Lipinski definition) is 2. The minimum atomic E-state index is -0.892. The second-order valence-electron chi connectivity index (χ2n) is 6.22. The molecule has 2 fully saturated rings. The van der Waals surface area contributed by atoms with Gasteiger partial charge in [0.25, 0.3) is 0 Å². The van der Waals surface area contributed by atoms with Crippen molar-refractivity contribution in [1.82, 2.24) is 15.3 Å². The summed E-state index contributed by atoms with van der Waals surface area (Å²) in [7, 11) is 0. The fourth-order valence-electron chi connectivity index (χ4n) is 2.80. The van der Waals surface area contributed by atoms with Gasteiger partial charge in [0.1, 0.15) is 0 Å². The first-order valence-electron chi connectivity index (χ1n) is 7.66. The fraction of sp³-hybridized carbons (Fsp3) is 0.667. The van der Waals surface area contributed by atoms with E-state index in [2.05, 4.69) is 15.3 Å². The fourth-order valence-corrected chi connectivity index (χ4v) is 2.80. The lowest BCUT2D eigenvalue weighted by Crippen LogP contribution is -2.54. The molecule has 1 aromatic heterocycles. The molecule has 3 rings (SSSR count). The van der Waals surface area contributed by atoms with Crippen LogP contribution >= 0.6 is 0 Å². The molecule has 2 heterocycles. The molecule has 0 unspecified atom stereocenters. The van der Waals surface area contributed by atoms with Gasteiger partial charge >= 0.3 is 0 Å². The summed E-state index contributed by atoms with van der Waals surface area (Å²) >= 11 is 0. The standard InChI is InChI=1S/C15H22N4O2/c20-13(9-12-3-4-12)18-10-15(21)5-1-8-19(11-15)14-16-6-2-7-17-14/h2,6-7,12,21H,1,3-5,8-11H2,(H,18,20)/t15-/m1/s1. The minimum Gasteiger partial charge on any atom is -0.386 e. The normalized spacial score (nSPS) is 25.7. The molecule has 1 aliphatic heterocycles. The molecule has 1 atom stereocenters. The van der Waals surface area contributed by atoms with Crippen molar-refractivity contribution in [2.75, 3.05) is 24.5 Å². The summed E-state index contributed by atoms with van der Waals surface area (Å²) in [6.07, 6.45) is 7.89. The van der Waals surface area contributed by atoms with Gasteiger partial charge in [0.2, 0.25) is 11.9 Å². The number of β-amino-alcohol motifs (C(OH)–C–C–N with tert-alkyl or cyclic N) is 1. The lowest BCUT2D eigenvalue weighted by molar-refractivity contribution is -0.122. The van der Waals surface area contributed by atoms with Gasteiger partial charge in [0.05, 0.1) is 12.1 Å². The summed E-state index contributed by atoms with van der Waals surface area (Å²) in [4.78, 5) is 22.2. The van der Waals surface area contributed by atoms with Crippen LogP contribution in [-0.4, -0.2) is 46.2 Å². The summed E-state index contributed by atoms with van der Waals surface area (Å²) in [6.45, 7) is 1.60. The number of amides is 1. The third-order valence-corrected chi connectivity index (χ3v) is 4.18. The van der Waals surface area contributed by atoms with Crippen LogP contribution in [0.15, 0.2) is 18.5 Å². The zero-order valence-electron chi connectivity index (χ0n) is 12.2. The number of piperidine rings is 1. The molecule has 6 heteroatoms. The molecule has 1 aliphatic carbocycles. The Morgan fingerprint density at radius 1 is 1.43 bits per heavy atom. The van der Waals surface area contributed by atoms with E-state index in [-0.39, 0.29) is 5.91 Å². The molecule has 0 radical (unpaired) electrons. The quantitative estimate of drug-likeness (QED) is 0.835. The van der Waals surface area contributed by atoms with Crippen molar-refractivity contribution >= 4 is 11.9 Å². The third-order valence-electron chi connectivity index (χ3n) is 4.18. The molecule has 1 amide bonds. The Bertz CT molecular complexity index is 492. The topological polar surface area (TPSA) is 78.4 Å². The summed E-state index contributed by atoms with van der Waals surface area (Å²) < 4.78 is 0. The van der Waals surface area contributed by atoms with Crippen LogP contribution in [0.25, 0.3) is 0 Å². The Balaban J connectivity index is 1.54.